The summed E-state index contributed by atoms with van der Waals surface area (Å²) in [5.74, 6) is 3.71. The maximum atomic E-state index is 6.23. The summed E-state index contributed by atoms with van der Waals surface area (Å²) in [5, 5.41) is 0. The molecular weight excluding hydrogens is 316 g/mol. The van der Waals surface area contributed by atoms with Crippen LogP contribution in [0.4, 0.5) is 0 Å². The molecule has 1 aromatic carbocycles. The zero-order valence-electron chi connectivity index (χ0n) is 14.1. The maximum absolute atomic E-state index is 6.23. The lowest BCUT2D eigenvalue weighted by atomic mass is 9.98. The van der Waals surface area contributed by atoms with Gasteiger partial charge < -0.3 is 19.9 Å². The number of hydrogen-bond acceptors (Lipinski definition) is 5. The second-order valence-electron chi connectivity index (χ2n) is 6.38. The summed E-state index contributed by atoms with van der Waals surface area (Å²) >= 11 is 0. The molecule has 3 unspecified atom stereocenters. The molecule has 0 amide bonds. The molecule has 1 aromatic rings. The van der Waals surface area contributed by atoms with Crippen LogP contribution in [0.1, 0.15) is 18.4 Å². The molecule has 5 nitrogen and oxygen atoms in total. The predicted molar refractivity (Wildman–Crippen MR) is 92.8 cm³/mol. The fourth-order valence-electron chi connectivity index (χ4n) is 3.99. The molecule has 23 heavy (non-hydrogen) atoms. The van der Waals surface area contributed by atoms with Crippen LogP contribution in [0.15, 0.2) is 12.1 Å². The van der Waals surface area contributed by atoms with Crippen molar-refractivity contribution < 1.29 is 14.2 Å². The van der Waals surface area contributed by atoms with Crippen LogP contribution in [-0.2, 0) is 6.54 Å². The first-order valence-electron chi connectivity index (χ1n) is 7.93. The van der Waals surface area contributed by atoms with Gasteiger partial charge in [-0.05, 0) is 30.7 Å². The van der Waals surface area contributed by atoms with E-state index in [-0.39, 0.29) is 12.4 Å². The number of nitrogens with two attached hydrogens (primary N) is 1. The minimum absolute atomic E-state index is 0. The van der Waals surface area contributed by atoms with Crippen molar-refractivity contribution in [2.75, 3.05) is 34.4 Å². The lowest BCUT2D eigenvalue weighted by Gasteiger charge is -2.21. The Morgan fingerprint density at radius 1 is 1.00 bits per heavy atom. The average Bonchev–Trinajstić information content (AvgIpc) is 3.08. The molecule has 2 aliphatic rings. The molecule has 2 N–H and O–H groups in total. The van der Waals surface area contributed by atoms with E-state index >= 15 is 0 Å². The van der Waals surface area contributed by atoms with E-state index in [1.807, 2.05) is 12.1 Å². The van der Waals surface area contributed by atoms with Gasteiger partial charge in [-0.15, -0.1) is 12.4 Å². The topological polar surface area (TPSA) is 57.0 Å². The normalized spacial score (nSPS) is 26.5. The molecule has 1 saturated heterocycles. The van der Waals surface area contributed by atoms with Gasteiger partial charge in [-0.3, -0.25) is 4.90 Å². The summed E-state index contributed by atoms with van der Waals surface area (Å²) in [7, 11) is 4.99. The molecule has 0 aromatic heterocycles. The van der Waals surface area contributed by atoms with Gasteiger partial charge in [0.2, 0.25) is 0 Å². The fraction of sp³-hybridized carbons (Fsp3) is 0.647. The Morgan fingerprint density at radius 3 is 2.26 bits per heavy atom. The third-order valence-corrected chi connectivity index (χ3v) is 5.17. The second kappa shape index (κ2) is 7.60. The smallest absolute Gasteiger partial charge is 0.164 e. The Labute approximate surface area is 144 Å². The molecule has 1 heterocycles. The van der Waals surface area contributed by atoms with Gasteiger partial charge in [0.25, 0.3) is 0 Å². The summed E-state index contributed by atoms with van der Waals surface area (Å²) in [6, 6.07) is 4.30. The highest BCUT2D eigenvalue weighted by Crippen LogP contribution is 2.40. The van der Waals surface area contributed by atoms with Crippen molar-refractivity contribution in [3.63, 3.8) is 0 Å². The average molecular weight is 343 g/mol. The van der Waals surface area contributed by atoms with E-state index in [0.717, 1.165) is 42.6 Å². The van der Waals surface area contributed by atoms with E-state index < -0.39 is 0 Å². The lowest BCUT2D eigenvalue weighted by Crippen LogP contribution is -2.30. The van der Waals surface area contributed by atoms with Crippen molar-refractivity contribution in [2.45, 2.75) is 25.4 Å². The van der Waals surface area contributed by atoms with Crippen LogP contribution in [-0.4, -0.2) is 45.4 Å². The van der Waals surface area contributed by atoms with Crippen LogP contribution < -0.4 is 19.9 Å². The molecular formula is C17H27ClN2O3. The van der Waals surface area contributed by atoms with Crippen molar-refractivity contribution in [1.29, 1.82) is 0 Å². The van der Waals surface area contributed by atoms with Crippen molar-refractivity contribution in [1.82, 2.24) is 4.90 Å². The van der Waals surface area contributed by atoms with E-state index in [0.29, 0.717) is 17.7 Å². The number of nitrogens with zero attached hydrogens (tertiary/aromatic N) is 1. The molecule has 1 aliphatic carbocycles. The standard InChI is InChI=1S/C17H26N2O3.ClH/c1-20-15-7-17(22-3)16(21-2)6-12(15)9-19-8-11-4-5-14(18)13(11)10-19;/h6-7,11,13-14H,4-5,8-10,18H2,1-3H3;1H. The summed E-state index contributed by atoms with van der Waals surface area (Å²) < 4.78 is 16.3. The lowest BCUT2D eigenvalue weighted by molar-refractivity contribution is 0.289. The van der Waals surface area contributed by atoms with Crippen LogP contribution >= 0.6 is 12.4 Å². The molecule has 0 bridgehead atoms. The van der Waals surface area contributed by atoms with Crippen molar-refractivity contribution in [2.24, 2.45) is 17.6 Å². The van der Waals surface area contributed by atoms with Gasteiger partial charge >= 0.3 is 0 Å². The molecule has 0 radical (unpaired) electrons. The SMILES string of the molecule is COc1cc(OC)c(OC)cc1CN1CC2CCC(N)C2C1.Cl. The minimum atomic E-state index is 0. The first-order chi connectivity index (χ1) is 10.7. The Morgan fingerprint density at radius 2 is 1.65 bits per heavy atom. The van der Waals surface area contributed by atoms with Gasteiger partial charge in [0, 0.05) is 37.3 Å². The van der Waals surface area contributed by atoms with Crippen LogP contribution in [0.3, 0.4) is 0 Å². The zero-order chi connectivity index (χ0) is 15.7. The van der Waals surface area contributed by atoms with Gasteiger partial charge in [0.1, 0.15) is 5.75 Å². The zero-order valence-corrected chi connectivity index (χ0v) is 14.9. The second-order valence-corrected chi connectivity index (χ2v) is 6.38. The van der Waals surface area contributed by atoms with Gasteiger partial charge in [0.15, 0.2) is 11.5 Å². The van der Waals surface area contributed by atoms with Gasteiger partial charge in [-0.25, -0.2) is 0 Å². The number of fused-ring (bicyclic) bond motifs is 1. The highest BCUT2D eigenvalue weighted by Gasteiger charge is 2.40. The number of methoxy groups -OCH3 is 3. The van der Waals surface area contributed by atoms with E-state index in [4.69, 9.17) is 19.9 Å². The first-order valence-corrected chi connectivity index (χ1v) is 7.93. The van der Waals surface area contributed by atoms with Gasteiger partial charge in [0.05, 0.1) is 21.3 Å². The van der Waals surface area contributed by atoms with Crippen LogP contribution in [0, 0.1) is 11.8 Å². The summed E-state index contributed by atoms with van der Waals surface area (Å²) in [5.41, 5.74) is 7.36. The monoisotopic (exact) mass is 342 g/mol. The molecule has 2 fully saturated rings. The van der Waals surface area contributed by atoms with Crippen LogP contribution in [0.2, 0.25) is 0 Å². The predicted octanol–water partition coefficient (Wildman–Crippen LogP) is 2.30. The third kappa shape index (κ3) is 3.52. The molecule has 1 saturated carbocycles. The quantitative estimate of drug-likeness (QED) is 0.889. The summed E-state index contributed by atoms with van der Waals surface area (Å²) in [6.07, 6.45) is 2.45. The maximum Gasteiger partial charge on any atom is 0.164 e. The highest BCUT2D eigenvalue weighted by molar-refractivity contribution is 5.85. The molecule has 3 rings (SSSR count). The van der Waals surface area contributed by atoms with E-state index in [1.165, 1.54) is 12.8 Å². The van der Waals surface area contributed by atoms with E-state index in [2.05, 4.69) is 4.90 Å². The van der Waals surface area contributed by atoms with Crippen molar-refractivity contribution in [3.05, 3.63) is 17.7 Å². The van der Waals surface area contributed by atoms with E-state index in [1.54, 1.807) is 21.3 Å². The van der Waals surface area contributed by atoms with Gasteiger partial charge in [-0.2, -0.15) is 0 Å². The highest BCUT2D eigenvalue weighted by atomic mass is 35.5. The van der Waals surface area contributed by atoms with Crippen molar-refractivity contribution in [3.8, 4) is 17.2 Å². The molecule has 0 spiro atoms. The molecule has 3 atom stereocenters. The Balaban J connectivity index is 0.00000192. The van der Waals surface area contributed by atoms with Crippen molar-refractivity contribution >= 4 is 12.4 Å². The molecule has 1 aliphatic heterocycles. The van der Waals surface area contributed by atoms with Gasteiger partial charge in [-0.1, -0.05) is 0 Å². The first kappa shape index (κ1) is 18.2. The third-order valence-electron chi connectivity index (χ3n) is 5.17. The summed E-state index contributed by atoms with van der Waals surface area (Å²) in [6.45, 7) is 3.09. The Kier molecular flexibility index (Phi) is 6.00. The van der Waals surface area contributed by atoms with Crippen LogP contribution in [0.25, 0.3) is 0 Å². The number of benzene rings is 1. The number of ether oxygens (including phenoxy) is 3. The Bertz CT molecular complexity index is 541. The van der Waals surface area contributed by atoms with E-state index in [9.17, 15) is 0 Å². The largest absolute Gasteiger partial charge is 0.496 e. The summed E-state index contributed by atoms with van der Waals surface area (Å²) in [4.78, 5) is 2.48. The number of halogens is 1. The molecule has 130 valence electrons. The number of hydrogen-bond donors (Lipinski definition) is 1. The number of rotatable bonds is 5. The molecule has 6 heteroatoms. The fourth-order valence-corrected chi connectivity index (χ4v) is 3.99. The number of likely N-dealkylation sites (tertiary alicyclic amines) is 1. The minimum Gasteiger partial charge on any atom is -0.496 e. The van der Waals surface area contributed by atoms with Crippen LogP contribution in [0.5, 0.6) is 17.2 Å². The Hall–Kier alpha value is -1.17.